The minimum absolute atomic E-state index is 0.0378. The summed E-state index contributed by atoms with van der Waals surface area (Å²) in [4.78, 5) is 22.3. The van der Waals surface area contributed by atoms with E-state index in [9.17, 15) is 18.0 Å². The molecule has 1 fully saturated rings. The van der Waals surface area contributed by atoms with Crippen molar-refractivity contribution in [2.75, 3.05) is 19.6 Å². The van der Waals surface area contributed by atoms with Gasteiger partial charge in [0, 0.05) is 26.1 Å². The minimum atomic E-state index is -3.96. The van der Waals surface area contributed by atoms with Crippen molar-refractivity contribution in [1.82, 2.24) is 14.3 Å². The van der Waals surface area contributed by atoms with Crippen LogP contribution in [0.3, 0.4) is 0 Å². The van der Waals surface area contributed by atoms with Gasteiger partial charge in [-0.15, -0.1) is 0 Å². The molecule has 1 aliphatic heterocycles. The SMILES string of the molecule is CC(C)OC(=O)NS(=O)(=O)N1CCNC(=O)CC1. The highest BCUT2D eigenvalue weighted by Gasteiger charge is 2.27. The molecule has 1 heterocycles. The van der Waals surface area contributed by atoms with Crippen LogP contribution in [0.15, 0.2) is 0 Å². The number of carbonyl (C=O) groups excluding carboxylic acids is 2. The van der Waals surface area contributed by atoms with Crippen LogP contribution in [-0.2, 0) is 19.7 Å². The van der Waals surface area contributed by atoms with E-state index in [0.717, 1.165) is 4.31 Å². The summed E-state index contributed by atoms with van der Waals surface area (Å²) >= 11 is 0. The van der Waals surface area contributed by atoms with Crippen molar-refractivity contribution >= 4 is 22.2 Å². The van der Waals surface area contributed by atoms with Crippen LogP contribution in [0.4, 0.5) is 4.79 Å². The third kappa shape index (κ3) is 4.49. The van der Waals surface area contributed by atoms with Crippen LogP contribution < -0.4 is 10.0 Å². The largest absolute Gasteiger partial charge is 0.446 e. The average molecular weight is 279 g/mol. The van der Waals surface area contributed by atoms with Gasteiger partial charge in [0.05, 0.1) is 6.10 Å². The summed E-state index contributed by atoms with van der Waals surface area (Å²) in [5.41, 5.74) is 0. The van der Waals surface area contributed by atoms with Gasteiger partial charge < -0.3 is 10.1 Å². The molecule has 1 aliphatic rings. The smallest absolute Gasteiger partial charge is 0.422 e. The molecule has 0 aromatic carbocycles. The molecule has 0 saturated carbocycles. The molecule has 0 aromatic rings. The molecule has 8 nitrogen and oxygen atoms in total. The van der Waals surface area contributed by atoms with Crippen LogP contribution in [-0.4, -0.2) is 50.5 Å². The number of rotatable bonds is 3. The number of amides is 2. The van der Waals surface area contributed by atoms with E-state index in [1.165, 1.54) is 0 Å². The van der Waals surface area contributed by atoms with E-state index in [0.29, 0.717) is 0 Å². The topological polar surface area (TPSA) is 105 Å². The molecule has 104 valence electrons. The van der Waals surface area contributed by atoms with Crippen LogP contribution in [0.1, 0.15) is 20.3 Å². The van der Waals surface area contributed by atoms with Gasteiger partial charge in [0.1, 0.15) is 0 Å². The number of nitrogens with zero attached hydrogens (tertiary/aromatic N) is 1. The molecule has 0 aliphatic carbocycles. The third-order valence-corrected chi connectivity index (χ3v) is 3.64. The van der Waals surface area contributed by atoms with Gasteiger partial charge in [-0.2, -0.15) is 12.7 Å². The van der Waals surface area contributed by atoms with Crippen molar-refractivity contribution in [2.45, 2.75) is 26.4 Å². The van der Waals surface area contributed by atoms with Gasteiger partial charge in [-0.05, 0) is 13.8 Å². The molecule has 1 saturated heterocycles. The molecular weight excluding hydrogens is 262 g/mol. The fourth-order valence-electron chi connectivity index (χ4n) is 1.39. The second-order valence-electron chi connectivity index (χ2n) is 4.06. The Balaban J connectivity index is 2.62. The molecule has 0 radical (unpaired) electrons. The Morgan fingerprint density at radius 3 is 2.72 bits per heavy atom. The Kier molecular flexibility index (Phi) is 4.91. The quantitative estimate of drug-likeness (QED) is 0.703. The van der Waals surface area contributed by atoms with Crippen molar-refractivity contribution in [3.63, 3.8) is 0 Å². The summed E-state index contributed by atoms with van der Waals surface area (Å²) in [6.07, 6.45) is -1.36. The number of hydrogen-bond donors (Lipinski definition) is 2. The Morgan fingerprint density at radius 2 is 2.11 bits per heavy atom. The van der Waals surface area contributed by atoms with E-state index in [2.05, 4.69) is 5.32 Å². The molecule has 0 spiro atoms. The number of carbonyl (C=O) groups is 2. The fraction of sp³-hybridized carbons (Fsp3) is 0.778. The minimum Gasteiger partial charge on any atom is -0.446 e. The summed E-state index contributed by atoms with van der Waals surface area (Å²) in [6, 6.07) is 0. The van der Waals surface area contributed by atoms with Crippen molar-refractivity contribution in [3.8, 4) is 0 Å². The predicted molar refractivity (Wildman–Crippen MR) is 62.9 cm³/mol. The monoisotopic (exact) mass is 279 g/mol. The van der Waals surface area contributed by atoms with Gasteiger partial charge in [0.25, 0.3) is 0 Å². The van der Waals surface area contributed by atoms with Gasteiger partial charge in [-0.25, -0.2) is 9.52 Å². The lowest BCUT2D eigenvalue weighted by Gasteiger charge is -2.19. The van der Waals surface area contributed by atoms with E-state index in [1.807, 2.05) is 0 Å². The van der Waals surface area contributed by atoms with Gasteiger partial charge >= 0.3 is 16.3 Å². The van der Waals surface area contributed by atoms with Crippen LogP contribution >= 0.6 is 0 Å². The van der Waals surface area contributed by atoms with E-state index in [4.69, 9.17) is 4.74 Å². The lowest BCUT2D eigenvalue weighted by atomic mass is 10.4. The maximum absolute atomic E-state index is 11.8. The van der Waals surface area contributed by atoms with Gasteiger partial charge in [0.15, 0.2) is 0 Å². The first-order chi connectivity index (χ1) is 8.31. The molecule has 1 rings (SSSR count). The van der Waals surface area contributed by atoms with Crippen molar-refractivity contribution in [1.29, 1.82) is 0 Å². The standard InChI is InChI=1S/C9H17N3O5S/c1-7(2)17-9(14)11-18(15,16)12-5-3-8(13)10-4-6-12/h7H,3-6H2,1-2H3,(H,10,13)(H,11,14). The summed E-state index contributed by atoms with van der Waals surface area (Å²) in [7, 11) is -3.96. The van der Waals surface area contributed by atoms with Crippen LogP contribution in [0.2, 0.25) is 0 Å². The molecule has 0 atom stereocenters. The van der Waals surface area contributed by atoms with E-state index in [1.54, 1.807) is 18.6 Å². The number of nitrogens with one attached hydrogen (secondary N) is 2. The summed E-state index contributed by atoms with van der Waals surface area (Å²) in [5.74, 6) is -0.211. The average Bonchev–Trinajstić information content (AvgIpc) is 2.40. The summed E-state index contributed by atoms with van der Waals surface area (Å²) in [6.45, 7) is 3.60. The van der Waals surface area contributed by atoms with Crippen LogP contribution in [0, 0.1) is 0 Å². The zero-order valence-electron chi connectivity index (χ0n) is 10.3. The maximum atomic E-state index is 11.8. The fourth-order valence-corrected chi connectivity index (χ4v) is 2.45. The molecule has 9 heteroatoms. The van der Waals surface area contributed by atoms with E-state index >= 15 is 0 Å². The molecule has 2 amide bonds. The maximum Gasteiger partial charge on any atom is 0.422 e. The van der Waals surface area contributed by atoms with Crippen molar-refractivity contribution in [3.05, 3.63) is 0 Å². The zero-order valence-corrected chi connectivity index (χ0v) is 11.1. The molecule has 18 heavy (non-hydrogen) atoms. The van der Waals surface area contributed by atoms with E-state index < -0.39 is 22.4 Å². The highest BCUT2D eigenvalue weighted by Crippen LogP contribution is 2.03. The second-order valence-corrected chi connectivity index (χ2v) is 5.73. The molecule has 0 unspecified atom stereocenters. The Morgan fingerprint density at radius 1 is 1.44 bits per heavy atom. The molecule has 0 aromatic heterocycles. The second kappa shape index (κ2) is 6.01. The molecular formula is C9H17N3O5S. The van der Waals surface area contributed by atoms with Crippen LogP contribution in [0.5, 0.6) is 0 Å². The third-order valence-electron chi connectivity index (χ3n) is 2.17. The molecule has 0 bridgehead atoms. The number of hydrogen-bond acceptors (Lipinski definition) is 5. The Labute approximate surface area is 106 Å². The lowest BCUT2D eigenvalue weighted by Crippen LogP contribution is -2.45. The normalized spacial score (nSPS) is 18.1. The van der Waals surface area contributed by atoms with Gasteiger partial charge in [0.2, 0.25) is 5.91 Å². The highest BCUT2D eigenvalue weighted by molar-refractivity contribution is 7.87. The van der Waals surface area contributed by atoms with Gasteiger partial charge in [-0.1, -0.05) is 0 Å². The zero-order chi connectivity index (χ0) is 13.8. The predicted octanol–water partition coefficient (Wildman–Crippen LogP) is -0.812. The van der Waals surface area contributed by atoms with Gasteiger partial charge in [-0.3, -0.25) is 4.79 Å². The first kappa shape index (κ1) is 14.7. The lowest BCUT2D eigenvalue weighted by molar-refractivity contribution is -0.120. The Hall–Kier alpha value is -1.35. The van der Waals surface area contributed by atoms with Crippen LogP contribution in [0.25, 0.3) is 0 Å². The number of ether oxygens (including phenoxy) is 1. The van der Waals surface area contributed by atoms with Crippen molar-refractivity contribution in [2.24, 2.45) is 0 Å². The highest BCUT2D eigenvalue weighted by atomic mass is 32.2. The van der Waals surface area contributed by atoms with E-state index in [-0.39, 0.29) is 32.0 Å². The Bertz CT molecular complexity index is 420. The first-order valence-corrected chi connectivity index (χ1v) is 7.00. The van der Waals surface area contributed by atoms with Crippen molar-refractivity contribution < 1.29 is 22.7 Å². The summed E-state index contributed by atoms with van der Waals surface area (Å²) in [5, 5.41) is 2.54. The molecule has 2 N–H and O–H groups in total. The first-order valence-electron chi connectivity index (χ1n) is 5.56. The summed E-state index contributed by atoms with van der Waals surface area (Å²) < 4.78 is 31.1.